The molecule has 2 saturated heterocycles. The van der Waals surface area contributed by atoms with Gasteiger partial charge in [0.15, 0.2) is 0 Å². The van der Waals surface area contributed by atoms with Crippen molar-refractivity contribution in [2.45, 2.75) is 18.9 Å². The van der Waals surface area contributed by atoms with E-state index in [4.69, 9.17) is 0 Å². The topological polar surface area (TPSA) is 28.2 Å². The molecule has 1 N–H and O–H groups in total. The Labute approximate surface area is 90.5 Å². The molecule has 15 heavy (non-hydrogen) atoms. The summed E-state index contributed by atoms with van der Waals surface area (Å²) < 4.78 is 0. The van der Waals surface area contributed by atoms with Crippen molar-refractivity contribution in [3.8, 4) is 0 Å². The van der Waals surface area contributed by atoms with E-state index in [0.29, 0.717) is 6.04 Å². The molecule has 0 radical (unpaired) electrons. The van der Waals surface area contributed by atoms with Gasteiger partial charge in [-0.15, -0.1) is 0 Å². The van der Waals surface area contributed by atoms with E-state index in [1.54, 1.807) is 0 Å². The van der Waals surface area contributed by atoms with Gasteiger partial charge in [0, 0.05) is 25.3 Å². The minimum atomic E-state index is 0.715. The largest absolute Gasteiger partial charge is 0.369 e. The molecule has 0 saturated carbocycles. The molecule has 2 fully saturated rings. The van der Waals surface area contributed by atoms with E-state index >= 15 is 0 Å². The van der Waals surface area contributed by atoms with Gasteiger partial charge >= 0.3 is 0 Å². The van der Waals surface area contributed by atoms with Crippen LogP contribution in [0.5, 0.6) is 0 Å². The summed E-state index contributed by atoms with van der Waals surface area (Å²) in [6.45, 7) is 3.56. The molecule has 3 nitrogen and oxygen atoms in total. The van der Waals surface area contributed by atoms with Crippen LogP contribution in [0.1, 0.15) is 12.8 Å². The second-order valence-electron chi connectivity index (χ2n) is 4.57. The van der Waals surface area contributed by atoms with Crippen LogP contribution in [-0.2, 0) is 0 Å². The molecule has 0 bridgehead atoms. The fraction of sp³-hybridized carbons (Fsp3) is 0.583. The number of hydrogen-bond acceptors (Lipinski definition) is 3. The van der Waals surface area contributed by atoms with Gasteiger partial charge in [-0.2, -0.15) is 0 Å². The van der Waals surface area contributed by atoms with Crippen molar-refractivity contribution in [2.75, 3.05) is 24.5 Å². The maximum atomic E-state index is 4.19. The van der Waals surface area contributed by atoms with Gasteiger partial charge in [-0.1, -0.05) is 0 Å². The number of nitrogens with zero attached hydrogens (tertiary/aromatic N) is 2. The van der Waals surface area contributed by atoms with E-state index in [9.17, 15) is 0 Å². The highest BCUT2D eigenvalue weighted by molar-refractivity contribution is 5.44. The third-order valence-electron chi connectivity index (χ3n) is 3.64. The van der Waals surface area contributed by atoms with Crippen molar-refractivity contribution in [2.24, 2.45) is 5.92 Å². The predicted molar refractivity (Wildman–Crippen MR) is 61.0 cm³/mol. The van der Waals surface area contributed by atoms with Gasteiger partial charge in [0.25, 0.3) is 0 Å². The Morgan fingerprint density at radius 2 is 2.47 bits per heavy atom. The van der Waals surface area contributed by atoms with E-state index in [1.807, 2.05) is 18.5 Å². The zero-order valence-electron chi connectivity index (χ0n) is 8.89. The van der Waals surface area contributed by atoms with Crippen LogP contribution in [0.4, 0.5) is 5.69 Å². The van der Waals surface area contributed by atoms with Gasteiger partial charge < -0.3 is 10.2 Å². The Kier molecular flexibility index (Phi) is 2.33. The Bertz CT molecular complexity index is 325. The maximum Gasteiger partial charge on any atom is 0.0553 e. The first kappa shape index (κ1) is 9.16. The molecule has 3 rings (SSSR count). The third-order valence-corrected chi connectivity index (χ3v) is 3.64. The molecule has 2 unspecified atom stereocenters. The molecule has 1 aromatic heterocycles. The standard InChI is InChI=1S/C12H17N3/c1-4-11(8-13-5-1)15-6-2-3-10-7-14-12(10)9-15/h1,4-5,8,10,12,14H,2-3,6-7,9H2. The summed E-state index contributed by atoms with van der Waals surface area (Å²) >= 11 is 0. The summed E-state index contributed by atoms with van der Waals surface area (Å²) in [6, 6.07) is 4.89. The van der Waals surface area contributed by atoms with E-state index in [0.717, 1.165) is 12.5 Å². The van der Waals surface area contributed by atoms with Gasteiger partial charge in [-0.3, -0.25) is 4.98 Å². The summed E-state index contributed by atoms with van der Waals surface area (Å²) in [6.07, 6.45) is 6.51. The highest BCUT2D eigenvalue weighted by Crippen LogP contribution is 2.26. The lowest BCUT2D eigenvalue weighted by atomic mass is 9.89. The van der Waals surface area contributed by atoms with Crippen LogP contribution >= 0.6 is 0 Å². The molecular weight excluding hydrogens is 186 g/mol. The van der Waals surface area contributed by atoms with Crippen molar-refractivity contribution in [1.29, 1.82) is 0 Å². The highest BCUT2D eigenvalue weighted by Gasteiger charge is 2.33. The summed E-state index contributed by atoms with van der Waals surface area (Å²) in [5, 5.41) is 3.53. The van der Waals surface area contributed by atoms with E-state index in [2.05, 4.69) is 21.3 Å². The van der Waals surface area contributed by atoms with Gasteiger partial charge in [-0.05, 0) is 37.4 Å². The lowest BCUT2D eigenvalue weighted by Gasteiger charge is -2.38. The molecule has 2 aliphatic rings. The molecule has 1 aromatic rings. The van der Waals surface area contributed by atoms with Gasteiger partial charge in [0.1, 0.15) is 0 Å². The summed E-state index contributed by atoms with van der Waals surface area (Å²) in [5.74, 6) is 0.923. The molecule has 0 amide bonds. The highest BCUT2D eigenvalue weighted by atomic mass is 15.2. The van der Waals surface area contributed by atoms with Gasteiger partial charge in [-0.25, -0.2) is 0 Å². The Morgan fingerprint density at radius 3 is 3.20 bits per heavy atom. The van der Waals surface area contributed by atoms with Crippen LogP contribution in [0, 0.1) is 5.92 Å². The molecule has 0 spiro atoms. The van der Waals surface area contributed by atoms with Crippen molar-refractivity contribution >= 4 is 5.69 Å². The first-order chi connectivity index (χ1) is 7.43. The molecule has 2 aliphatic heterocycles. The lowest BCUT2D eigenvalue weighted by molar-refractivity contribution is 0.234. The Hall–Kier alpha value is -1.09. The first-order valence-electron chi connectivity index (χ1n) is 5.82. The average Bonchev–Trinajstić information content (AvgIpc) is 2.40. The smallest absolute Gasteiger partial charge is 0.0553 e. The number of anilines is 1. The van der Waals surface area contributed by atoms with Crippen molar-refractivity contribution in [3.63, 3.8) is 0 Å². The average molecular weight is 203 g/mol. The number of hydrogen-bond donors (Lipinski definition) is 1. The van der Waals surface area contributed by atoms with Gasteiger partial charge in [0.2, 0.25) is 0 Å². The van der Waals surface area contributed by atoms with Crippen LogP contribution in [0.25, 0.3) is 0 Å². The lowest BCUT2D eigenvalue weighted by Crippen LogP contribution is -2.56. The molecule has 0 aliphatic carbocycles. The van der Waals surface area contributed by atoms with E-state index in [-0.39, 0.29) is 0 Å². The molecular formula is C12H17N3. The molecule has 0 aromatic carbocycles. The second kappa shape index (κ2) is 3.81. The van der Waals surface area contributed by atoms with E-state index in [1.165, 1.54) is 31.6 Å². The number of nitrogens with one attached hydrogen (secondary N) is 1. The summed E-state index contributed by atoms with van der Waals surface area (Å²) in [7, 11) is 0. The monoisotopic (exact) mass is 203 g/mol. The number of rotatable bonds is 1. The minimum Gasteiger partial charge on any atom is -0.369 e. The molecule has 3 heterocycles. The SMILES string of the molecule is c1cncc(N2CCCC3CNC3C2)c1. The van der Waals surface area contributed by atoms with Crippen LogP contribution in [0.3, 0.4) is 0 Å². The fourth-order valence-corrected chi connectivity index (χ4v) is 2.62. The molecule has 80 valence electrons. The number of fused-ring (bicyclic) bond motifs is 1. The Morgan fingerprint density at radius 1 is 1.47 bits per heavy atom. The van der Waals surface area contributed by atoms with Crippen LogP contribution < -0.4 is 10.2 Å². The molecule has 2 atom stereocenters. The quantitative estimate of drug-likeness (QED) is 0.745. The maximum absolute atomic E-state index is 4.19. The normalized spacial score (nSPS) is 30.3. The van der Waals surface area contributed by atoms with Crippen molar-refractivity contribution in [1.82, 2.24) is 10.3 Å². The third kappa shape index (κ3) is 1.72. The summed E-state index contributed by atoms with van der Waals surface area (Å²) in [4.78, 5) is 6.65. The fourth-order valence-electron chi connectivity index (χ4n) is 2.62. The minimum absolute atomic E-state index is 0.715. The van der Waals surface area contributed by atoms with Crippen molar-refractivity contribution < 1.29 is 0 Å². The van der Waals surface area contributed by atoms with Crippen LogP contribution in [0.15, 0.2) is 24.5 Å². The summed E-state index contributed by atoms with van der Waals surface area (Å²) in [5.41, 5.74) is 1.27. The molecule has 3 heteroatoms. The zero-order chi connectivity index (χ0) is 10.1. The first-order valence-corrected chi connectivity index (χ1v) is 5.82. The Balaban J connectivity index is 1.76. The zero-order valence-corrected chi connectivity index (χ0v) is 8.89. The van der Waals surface area contributed by atoms with E-state index < -0.39 is 0 Å². The van der Waals surface area contributed by atoms with Crippen LogP contribution in [-0.4, -0.2) is 30.7 Å². The second-order valence-corrected chi connectivity index (χ2v) is 4.57. The van der Waals surface area contributed by atoms with Gasteiger partial charge in [0.05, 0.1) is 11.9 Å². The van der Waals surface area contributed by atoms with Crippen molar-refractivity contribution in [3.05, 3.63) is 24.5 Å². The number of aromatic nitrogens is 1. The number of pyridine rings is 1. The van der Waals surface area contributed by atoms with Crippen LogP contribution in [0.2, 0.25) is 0 Å². The predicted octanol–water partition coefficient (Wildman–Crippen LogP) is 1.27.